The first-order valence-corrected chi connectivity index (χ1v) is 9.13. The predicted molar refractivity (Wildman–Crippen MR) is 105 cm³/mol. The number of piperidine rings is 1. The van der Waals surface area contributed by atoms with Crippen LogP contribution in [0, 0.1) is 0 Å². The van der Waals surface area contributed by atoms with E-state index in [0.717, 1.165) is 12.8 Å². The Morgan fingerprint density at radius 1 is 1.21 bits per heavy atom. The fourth-order valence-corrected chi connectivity index (χ4v) is 3.48. The Morgan fingerprint density at radius 2 is 2.04 bits per heavy atom. The minimum absolute atomic E-state index is 0.0164. The van der Waals surface area contributed by atoms with Crippen molar-refractivity contribution in [3.05, 3.63) is 61.1 Å². The zero-order valence-electron chi connectivity index (χ0n) is 15.3. The summed E-state index contributed by atoms with van der Waals surface area (Å²) in [4.78, 5) is 34.8. The van der Waals surface area contributed by atoms with Gasteiger partial charge in [0.05, 0.1) is 17.6 Å². The lowest BCUT2D eigenvalue weighted by Gasteiger charge is -2.32. The molecule has 0 spiro atoms. The second-order valence-corrected chi connectivity index (χ2v) is 6.65. The molecule has 0 bridgehead atoms. The fourth-order valence-electron chi connectivity index (χ4n) is 3.48. The molecule has 28 heavy (non-hydrogen) atoms. The highest BCUT2D eigenvalue weighted by Gasteiger charge is 2.26. The third kappa shape index (κ3) is 3.36. The molecule has 1 atom stereocenters. The van der Waals surface area contributed by atoms with Gasteiger partial charge in [-0.1, -0.05) is 24.8 Å². The number of anilines is 1. The Labute approximate surface area is 161 Å². The third-order valence-corrected chi connectivity index (χ3v) is 4.89. The van der Waals surface area contributed by atoms with Crippen molar-refractivity contribution in [2.24, 2.45) is 0 Å². The number of fused-ring (bicyclic) bond motifs is 1. The fraction of sp³-hybridized carbons (Fsp3) is 0.250. The van der Waals surface area contributed by atoms with Gasteiger partial charge in [0.15, 0.2) is 5.65 Å². The smallest absolute Gasteiger partial charge is 0.256 e. The summed E-state index contributed by atoms with van der Waals surface area (Å²) in [5, 5.41) is 7.98. The quantitative estimate of drug-likeness (QED) is 0.706. The number of nitrogens with one attached hydrogen (secondary N) is 1. The van der Waals surface area contributed by atoms with Crippen LogP contribution >= 0.6 is 0 Å². The van der Waals surface area contributed by atoms with Crippen molar-refractivity contribution in [2.75, 3.05) is 18.4 Å². The summed E-state index contributed by atoms with van der Waals surface area (Å²) in [7, 11) is 0. The minimum atomic E-state index is -0.242. The Kier molecular flexibility index (Phi) is 4.84. The first kappa shape index (κ1) is 17.8. The van der Waals surface area contributed by atoms with Crippen LogP contribution in [0.4, 0.5) is 5.82 Å². The van der Waals surface area contributed by atoms with Gasteiger partial charge in [0.1, 0.15) is 12.1 Å². The number of nitrogens with zero attached hydrogens (tertiary/aromatic N) is 5. The van der Waals surface area contributed by atoms with Gasteiger partial charge in [-0.05, 0) is 31.1 Å². The molecular weight excluding hydrogens is 356 g/mol. The molecule has 1 aliphatic heterocycles. The van der Waals surface area contributed by atoms with Crippen LogP contribution in [-0.4, -0.2) is 49.6 Å². The van der Waals surface area contributed by atoms with E-state index in [1.807, 2.05) is 22.9 Å². The average Bonchev–Trinajstić information content (AvgIpc) is 3.19. The molecule has 4 rings (SSSR count). The lowest BCUT2D eigenvalue weighted by Crippen LogP contribution is -2.40. The molecular formula is C20H20N6O2. The van der Waals surface area contributed by atoms with Crippen LogP contribution in [0.25, 0.3) is 11.0 Å². The van der Waals surface area contributed by atoms with Gasteiger partial charge < -0.3 is 10.2 Å². The molecule has 2 aromatic heterocycles. The molecule has 0 saturated carbocycles. The largest absolute Gasteiger partial charge is 0.337 e. The second-order valence-electron chi connectivity index (χ2n) is 6.65. The average molecular weight is 376 g/mol. The zero-order chi connectivity index (χ0) is 19.5. The molecule has 3 heterocycles. The number of benzene rings is 1. The van der Waals surface area contributed by atoms with Crippen LogP contribution in [0.1, 0.15) is 29.2 Å². The highest BCUT2D eigenvalue weighted by atomic mass is 16.2. The zero-order valence-corrected chi connectivity index (χ0v) is 15.3. The van der Waals surface area contributed by atoms with Crippen LogP contribution in [0.15, 0.2) is 55.5 Å². The molecule has 2 amide bonds. The number of amides is 2. The molecule has 0 radical (unpaired) electrons. The van der Waals surface area contributed by atoms with E-state index in [4.69, 9.17) is 0 Å². The maximum atomic E-state index is 12.5. The van der Waals surface area contributed by atoms with E-state index in [-0.39, 0.29) is 17.9 Å². The van der Waals surface area contributed by atoms with Gasteiger partial charge >= 0.3 is 0 Å². The Morgan fingerprint density at radius 3 is 2.82 bits per heavy atom. The van der Waals surface area contributed by atoms with Crippen molar-refractivity contribution in [3.8, 4) is 0 Å². The number of hydrogen-bond acceptors (Lipinski definition) is 5. The molecule has 1 unspecified atom stereocenters. The highest BCUT2D eigenvalue weighted by Crippen LogP contribution is 2.27. The highest BCUT2D eigenvalue weighted by molar-refractivity contribution is 6.07. The van der Waals surface area contributed by atoms with E-state index in [1.54, 1.807) is 23.2 Å². The van der Waals surface area contributed by atoms with E-state index in [1.165, 1.54) is 12.4 Å². The first-order chi connectivity index (χ1) is 13.7. The van der Waals surface area contributed by atoms with Crippen LogP contribution < -0.4 is 5.32 Å². The van der Waals surface area contributed by atoms with Gasteiger partial charge in [-0.15, -0.1) is 0 Å². The normalized spacial score (nSPS) is 16.7. The summed E-state index contributed by atoms with van der Waals surface area (Å²) >= 11 is 0. The van der Waals surface area contributed by atoms with E-state index >= 15 is 0 Å². The Bertz CT molecular complexity index is 1030. The summed E-state index contributed by atoms with van der Waals surface area (Å²) in [6.45, 7) is 4.83. The molecule has 1 aromatic carbocycles. The molecule has 142 valence electrons. The maximum Gasteiger partial charge on any atom is 0.256 e. The van der Waals surface area contributed by atoms with Crippen LogP contribution in [0.2, 0.25) is 0 Å². The summed E-state index contributed by atoms with van der Waals surface area (Å²) in [6, 6.07) is 8.97. The number of aromatic nitrogens is 4. The van der Waals surface area contributed by atoms with E-state index < -0.39 is 0 Å². The molecule has 1 fully saturated rings. The lowest BCUT2D eigenvalue weighted by atomic mass is 10.1. The van der Waals surface area contributed by atoms with Gasteiger partial charge in [-0.2, -0.15) is 5.10 Å². The Hall–Kier alpha value is -3.55. The topological polar surface area (TPSA) is 93.0 Å². The van der Waals surface area contributed by atoms with Crippen molar-refractivity contribution >= 4 is 28.7 Å². The summed E-state index contributed by atoms with van der Waals surface area (Å²) < 4.78 is 1.82. The number of carbonyl (C=O) groups is 2. The number of rotatable bonds is 4. The number of carbonyl (C=O) groups excluding carboxylic acids is 2. The summed E-state index contributed by atoms with van der Waals surface area (Å²) in [5.41, 5.74) is 1.18. The van der Waals surface area contributed by atoms with Gasteiger partial charge in [0.25, 0.3) is 5.91 Å². The van der Waals surface area contributed by atoms with Gasteiger partial charge in [0, 0.05) is 18.7 Å². The molecule has 1 saturated heterocycles. The van der Waals surface area contributed by atoms with Crippen molar-refractivity contribution in [1.29, 1.82) is 0 Å². The molecule has 1 N–H and O–H groups in total. The molecule has 8 heteroatoms. The van der Waals surface area contributed by atoms with E-state index in [9.17, 15) is 9.59 Å². The third-order valence-electron chi connectivity index (χ3n) is 4.89. The van der Waals surface area contributed by atoms with Crippen molar-refractivity contribution < 1.29 is 9.59 Å². The molecule has 3 aromatic rings. The van der Waals surface area contributed by atoms with Gasteiger partial charge in [0.2, 0.25) is 5.91 Å². The van der Waals surface area contributed by atoms with Crippen LogP contribution in [0.5, 0.6) is 0 Å². The standard InChI is InChI=1S/C20H20N6O2/c1-2-17(27)25-10-6-9-15(12-25)26-19-16(11-23-26)18(21-13-22-19)24-20(28)14-7-4-3-5-8-14/h2-5,7-8,11,13,15H,1,6,9-10,12H2,(H,21,22,24,28). The Balaban J connectivity index is 1.61. The monoisotopic (exact) mass is 376 g/mol. The van der Waals surface area contributed by atoms with E-state index in [0.29, 0.717) is 35.5 Å². The molecule has 1 aliphatic rings. The SMILES string of the molecule is C=CC(=O)N1CCCC(n2ncc3c(NC(=O)c4ccccc4)ncnc32)C1. The van der Waals surface area contributed by atoms with Gasteiger partial charge in [-0.3, -0.25) is 9.59 Å². The summed E-state index contributed by atoms with van der Waals surface area (Å²) in [6.07, 6.45) is 6.19. The second kappa shape index (κ2) is 7.59. The molecule has 0 aliphatic carbocycles. The first-order valence-electron chi connectivity index (χ1n) is 9.13. The minimum Gasteiger partial charge on any atom is -0.337 e. The maximum absolute atomic E-state index is 12.5. The number of likely N-dealkylation sites (tertiary alicyclic amines) is 1. The van der Waals surface area contributed by atoms with Crippen LogP contribution in [0.3, 0.4) is 0 Å². The number of hydrogen-bond donors (Lipinski definition) is 1. The van der Waals surface area contributed by atoms with E-state index in [2.05, 4.69) is 27.0 Å². The van der Waals surface area contributed by atoms with Crippen LogP contribution in [-0.2, 0) is 4.79 Å². The predicted octanol–water partition coefficient (Wildman–Crippen LogP) is 2.43. The summed E-state index contributed by atoms with van der Waals surface area (Å²) in [5.74, 6) is 0.0975. The van der Waals surface area contributed by atoms with Crippen molar-refractivity contribution in [3.63, 3.8) is 0 Å². The lowest BCUT2D eigenvalue weighted by molar-refractivity contribution is -0.127. The van der Waals surface area contributed by atoms with Crippen molar-refractivity contribution in [2.45, 2.75) is 18.9 Å². The van der Waals surface area contributed by atoms with Crippen molar-refractivity contribution in [1.82, 2.24) is 24.6 Å². The van der Waals surface area contributed by atoms with Gasteiger partial charge in [-0.25, -0.2) is 14.6 Å². The molecule has 8 nitrogen and oxygen atoms in total.